The molecule has 0 bridgehead atoms. The van der Waals surface area contributed by atoms with Gasteiger partial charge in [0.1, 0.15) is 30.2 Å². The van der Waals surface area contributed by atoms with Gasteiger partial charge in [-0.25, -0.2) is 0 Å². The Morgan fingerprint density at radius 2 is 1.56 bits per heavy atom. The Kier molecular flexibility index (Phi) is 7.52. The van der Waals surface area contributed by atoms with Crippen LogP contribution in [0.4, 0.5) is 0 Å². The predicted molar refractivity (Wildman–Crippen MR) is 105 cm³/mol. The van der Waals surface area contributed by atoms with E-state index in [-0.39, 0.29) is 31.0 Å². The summed E-state index contributed by atoms with van der Waals surface area (Å²) in [5.41, 5.74) is 0. The monoisotopic (exact) mass is 462 g/mol. The molecule has 0 spiro atoms. The van der Waals surface area contributed by atoms with E-state index in [1.165, 1.54) is 0 Å². The van der Waals surface area contributed by atoms with Crippen LogP contribution in [0.3, 0.4) is 0 Å². The fraction of sp³-hybridized carbons (Fsp3) is 0.952. The molecule has 184 valence electrons. The minimum absolute atomic E-state index is 0.0813. The number of fused-ring (bicyclic) bond motifs is 1. The minimum atomic E-state index is -1.57. The van der Waals surface area contributed by atoms with Gasteiger partial charge in [0.2, 0.25) is 0 Å². The summed E-state index contributed by atoms with van der Waals surface area (Å²) in [7, 11) is 0. The van der Waals surface area contributed by atoms with Crippen LogP contribution < -0.4 is 0 Å². The Labute approximate surface area is 185 Å². The molecule has 4 fully saturated rings. The molecule has 2 saturated carbocycles. The first kappa shape index (κ1) is 24.4. The molecule has 13 atom stereocenters. The van der Waals surface area contributed by atoms with Crippen LogP contribution in [0, 0.1) is 11.8 Å². The van der Waals surface area contributed by atoms with Gasteiger partial charge in [0.15, 0.2) is 6.29 Å². The molecular formula is C21H34O11. The fourth-order valence-corrected chi connectivity index (χ4v) is 5.59. The molecule has 0 aromatic carbocycles. The van der Waals surface area contributed by atoms with Crippen molar-refractivity contribution < 1.29 is 54.8 Å². The van der Waals surface area contributed by atoms with E-state index in [4.69, 9.17) is 14.2 Å². The highest BCUT2D eigenvalue weighted by atomic mass is 16.7. The van der Waals surface area contributed by atoms with Crippen molar-refractivity contribution in [3.05, 3.63) is 0 Å². The van der Waals surface area contributed by atoms with Crippen LogP contribution in [0.5, 0.6) is 0 Å². The molecule has 2 heterocycles. The average Bonchev–Trinajstić information content (AvgIpc) is 2.75. The first-order valence-electron chi connectivity index (χ1n) is 11.4. The minimum Gasteiger partial charge on any atom is -0.394 e. The van der Waals surface area contributed by atoms with Gasteiger partial charge in [-0.3, -0.25) is 4.79 Å². The molecule has 4 rings (SSSR count). The van der Waals surface area contributed by atoms with Gasteiger partial charge >= 0.3 is 0 Å². The molecule has 0 amide bonds. The molecule has 11 heteroatoms. The summed E-state index contributed by atoms with van der Waals surface area (Å²) in [6.07, 6.45) is -9.53. The molecule has 2 saturated heterocycles. The van der Waals surface area contributed by atoms with Crippen molar-refractivity contribution in [2.24, 2.45) is 11.8 Å². The van der Waals surface area contributed by atoms with E-state index in [1.54, 1.807) is 0 Å². The highest BCUT2D eigenvalue weighted by Gasteiger charge is 2.51. The van der Waals surface area contributed by atoms with Crippen LogP contribution in [0.1, 0.15) is 38.5 Å². The smallest absolute Gasteiger partial charge is 0.186 e. The summed E-state index contributed by atoms with van der Waals surface area (Å²) in [4.78, 5) is 12.8. The van der Waals surface area contributed by atoms with Crippen molar-refractivity contribution in [2.75, 3.05) is 6.61 Å². The van der Waals surface area contributed by atoms with Crippen LogP contribution >= 0.6 is 0 Å². The summed E-state index contributed by atoms with van der Waals surface area (Å²) < 4.78 is 17.4. The summed E-state index contributed by atoms with van der Waals surface area (Å²) >= 11 is 0. The number of aliphatic hydroxyl groups excluding tert-OH is 7. The van der Waals surface area contributed by atoms with Gasteiger partial charge in [0.05, 0.1) is 49.1 Å². The maximum Gasteiger partial charge on any atom is 0.186 e. The van der Waals surface area contributed by atoms with Gasteiger partial charge in [-0.1, -0.05) is 0 Å². The number of carbonyl (C=O) groups excluding carboxylic acids is 1. The number of rotatable bonds is 4. The standard InChI is InChI=1S/C21H34O11/c22-7-16-18(27)19(28)20(29)21(32-16)30-9-4-12(25)17-13(26)6-14(31-15(17)5-9)8-1-2-10(23)11(24)3-8/h8-12,14-25,27-29H,1-7H2/t8?,9?,10?,11?,12?,14?,15?,16?,17?,18-,19?,20?,21-/m1/s1. The van der Waals surface area contributed by atoms with E-state index in [1.807, 2.05) is 0 Å². The SMILES string of the molecule is O=C1CC(C2CCC(O)C(O)C2)OC2CC(O[C@@H]3OC(CO)[C@@H](O)C(O)C3O)CC(O)C12. The highest BCUT2D eigenvalue weighted by molar-refractivity contribution is 5.83. The Hall–Kier alpha value is -0.730. The lowest BCUT2D eigenvalue weighted by Gasteiger charge is -2.47. The molecule has 7 N–H and O–H groups in total. The second-order valence-electron chi connectivity index (χ2n) is 9.61. The summed E-state index contributed by atoms with van der Waals surface area (Å²) in [6, 6.07) is 0. The van der Waals surface area contributed by atoms with Crippen LogP contribution in [-0.2, 0) is 19.0 Å². The van der Waals surface area contributed by atoms with Crippen molar-refractivity contribution in [1.82, 2.24) is 0 Å². The molecule has 11 unspecified atom stereocenters. The predicted octanol–water partition coefficient (Wildman–Crippen LogP) is -2.81. The van der Waals surface area contributed by atoms with Crippen molar-refractivity contribution in [3.63, 3.8) is 0 Å². The number of ketones is 1. The van der Waals surface area contributed by atoms with Crippen LogP contribution in [0.25, 0.3) is 0 Å². The van der Waals surface area contributed by atoms with Gasteiger partial charge in [-0.2, -0.15) is 0 Å². The fourth-order valence-electron chi connectivity index (χ4n) is 5.59. The Balaban J connectivity index is 1.41. The van der Waals surface area contributed by atoms with E-state index in [9.17, 15) is 40.5 Å². The van der Waals surface area contributed by atoms with Gasteiger partial charge in [0, 0.05) is 19.3 Å². The highest BCUT2D eigenvalue weighted by Crippen LogP contribution is 2.41. The summed E-state index contributed by atoms with van der Waals surface area (Å²) in [5, 5.41) is 69.8. The molecule has 4 aliphatic rings. The number of ether oxygens (including phenoxy) is 3. The molecule has 2 aliphatic carbocycles. The third kappa shape index (κ3) is 4.74. The average molecular weight is 462 g/mol. The van der Waals surface area contributed by atoms with E-state index in [0.29, 0.717) is 19.3 Å². The second-order valence-corrected chi connectivity index (χ2v) is 9.61. The Morgan fingerprint density at radius 3 is 2.25 bits per heavy atom. The van der Waals surface area contributed by atoms with Gasteiger partial charge in [-0.15, -0.1) is 0 Å². The van der Waals surface area contributed by atoms with E-state index >= 15 is 0 Å². The lowest BCUT2D eigenvalue weighted by Crippen LogP contribution is -2.61. The van der Waals surface area contributed by atoms with Crippen LogP contribution in [0.15, 0.2) is 0 Å². The van der Waals surface area contributed by atoms with Crippen molar-refractivity contribution >= 4 is 5.78 Å². The van der Waals surface area contributed by atoms with Gasteiger partial charge < -0.3 is 50.0 Å². The van der Waals surface area contributed by atoms with E-state index in [2.05, 4.69) is 0 Å². The second kappa shape index (κ2) is 9.87. The maximum atomic E-state index is 12.8. The Morgan fingerprint density at radius 1 is 0.812 bits per heavy atom. The first-order valence-corrected chi connectivity index (χ1v) is 11.4. The Bertz CT molecular complexity index is 660. The number of carbonyl (C=O) groups is 1. The zero-order valence-corrected chi connectivity index (χ0v) is 17.7. The zero-order chi connectivity index (χ0) is 23.2. The molecule has 0 aromatic rings. The van der Waals surface area contributed by atoms with Crippen LogP contribution in [0.2, 0.25) is 0 Å². The third-order valence-electron chi connectivity index (χ3n) is 7.46. The van der Waals surface area contributed by atoms with Crippen LogP contribution in [-0.4, -0.2) is 115 Å². The van der Waals surface area contributed by atoms with Gasteiger partial charge in [-0.05, 0) is 25.2 Å². The van der Waals surface area contributed by atoms with Crippen molar-refractivity contribution in [2.45, 2.75) is 106 Å². The van der Waals surface area contributed by atoms with E-state index in [0.717, 1.165) is 0 Å². The molecule has 0 aromatic heterocycles. The normalized spacial score (nSPS) is 52.5. The lowest BCUT2D eigenvalue weighted by atomic mass is 9.73. The van der Waals surface area contributed by atoms with Crippen molar-refractivity contribution in [3.8, 4) is 0 Å². The number of aliphatic hydroxyl groups is 7. The van der Waals surface area contributed by atoms with E-state index < -0.39 is 79.9 Å². The topological polar surface area (TPSA) is 186 Å². The lowest BCUT2D eigenvalue weighted by molar-refractivity contribution is -0.318. The summed E-state index contributed by atoms with van der Waals surface area (Å²) in [6.45, 7) is -0.579. The number of hydrogen-bond acceptors (Lipinski definition) is 11. The summed E-state index contributed by atoms with van der Waals surface area (Å²) in [5.74, 6) is -0.882. The number of Topliss-reactive ketones (excluding diaryl/α,β-unsaturated/α-hetero) is 1. The molecule has 2 aliphatic heterocycles. The molecule has 11 nitrogen and oxygen atoms in total. The third-order valence-corrected chi connectivity index (χ3v) is 7.46. The van der Waals surface area contributed by atoms with Gasteiger partial charge in [0.25, 0.3) is 0 Å². The molecule has 0 radical (unpaired) electrons. The molecular weight excluding hydrogens is 428 g/mol. The first-order chi connectivity index (χ1) is 15.2. The van der Waals surface area contributed by atoms with Crippen molar-refractivity contribution in [1.29, 1.82) is 0 Å². The largest absolute Gasteiger partial charge is 0.394 e. The maximum absolute atomic E-state index is 12.8. The zero-order valence-electron chi connectivity index (χ0n) is 17.7. The number of hydrogen-bond donors (Lipinski definition) is 7. The molecule has 32 heavy (non-hydrogen) atoms. The quantitative estimate of drug-likeness (QED) is 0.229.